The van der Waals surface area contributed by atoms with Crippen LogP contribution in [0.3, 0.4) is 0 Å². The predicted molar refractivity (Wildman–Crippen MR) is 69.3 cm³/mol. The minimum Gasteiger partial charge on any atom is -0.304 e. The average Bonchev–Trinajstić information content (AvgIpc) is 2.73. The number of aromatic nitrogens is 2. The lowest BCUT2D eigenvalue weighted by molar-refractivity contribution is 0.563. The zero-order valence-corrected chi connectivity index (χ0v) is 11.3. The van der Waals surface area contributed by atoms with Crippen molar-refractivity contribution in [3.05, 3.63) is 45.1 Å². The summed E-state index contributed by atoms with van der Waals surface area (Å²) in [6.45, 7) is 2.95. The zero-order valence-electron chi connectivity index (χ0n) is 8.85. The second-order valence-electron chi connectivity index (χ2n) is 3.46. The lowest BCUT2D eigenvalue weighted by Crippen LogP contribution is -2.18. The number of rotatable bonds is 4. The van der Waals surface area contributed by atoms with E-state index in [2.05, 4.69) is 49.6 Å². The second kappa shape index (κ2) is 5.52. The Morgan fingerprint density at radius 2 is 2.38 bits per heavy atom. The average molecular weight is 298 g/mol. The van der Waals surface area contributed by atoms with Gasteiger partial charge in [0.1, 0.15) is 0 Å². The summed E-state index contributed by atoms with van der Waals surface area (Å²) in [6.07, 6.45) is 5.20. The first-order valence-electron chi connectivity index (χ1n) is 4.98. The molecule has 2 rings (SSSR count). The lowest BCUT2D eigenvalue weighted by Gasteiger charge is -2.11. The minimum absolute atomic E-state index is 0.217. The van der Waals surface area contributed by atoms with E-state index in [-0.39, 0.29) is 6.04 Å². The maximum absolute atomic E-state index is 4.27. The summed E-state index contributed by atoms with van der Waals surface area (Å²) < 4.78 is 1.14. The Labute approximate surface area is 107 Å². The molecule has 0 saturated heterocycles. The Kier molecular flexibility index (Phi) is 4.04. The fourth-order valence-corrected chi connectivity index (χ4v) is 2.74. The van der Waals surface area contributed by atoms with Gasteiger partial charge in [-0.2, -0.15) is 0 Å². The van der Waals surface area contributed by atoms with Crippen LogP contribution >= 0.6 is 27.3 Å². The van der Waals surface area contributed by atoms with Gasteiger partial charge in [0, 0.05) is 45.9 Å². The Balaban J connectivity index is 1.91. The number of halogens is 1. The van der Waals surface area contributed by atoms with Gasteiger partial charge in [0.2, 0.25) is 0 Å². The molecule has 1 unspecified atom stereocenters. The van der Waals surface area contributed by atoms with Crippen LogP contribution in [0.15, 0.2) is 34.5 Å². The molecule has 0 bridgehead atoms. The van der Waals surface area contributed by atoms with Crippen molar-refractivity contribution in [1.82, 2.24) is 15.3 Å². The van der Waals surface area contributed by atoms with E-state index >= 15 is 0 Å². The molecule has 0 aromatic carbocycles. The van der Waals surface area contributed by atoms with Gasteiger partial charge in [-0.15, -0.1) is 11.3 Å². The highest BCUT2D eigenvalue weighted by atomic mass is 79.9. The van der Waals surface area contributed by atoms with E-state index < -0.39 is 0 Å². The van der Waals surface area contributed by atoms with Crippen molar-refractivity contribution in [2.24, 2.45) is 0 Å². The summed E-state index contributed by atoms with van der Waals surface area (Å²) >= 11 is 5.19. The van der Waals surface area contributed by atoms with Crippen molar-refractivity contribution in [3.8, 4) is 0 Å². The van der Waals surface area contributed by atoms with E-state index in [1.807, 2.05) is 0 Å². The van der Waals surface area contributed by atoms with E-state index in [1.165, 1.54) is 4.88 Å². The largest absolute Gasteiger partial charge is 0.304 e. The number of thiophene rings is 1. The molecule has 0 saturated carbocycles. The fraction of sp³-hybridized carbons (Fsp3) is 0.273. The summed E-state index contributed by atoms with van der Waals surface area (Å²) in [7, 11) is 0. The van der Waals surface area contributed by atoms with Gasteiger partial charge in [-0.3, -0.25) is 9.97 Å². The van der Waals surface area contributed by atoms with E-state index in [1.54, 1.807) is 29.9 Å². The molecular weight excluding hydrogens is 286 g/mol. The Bertz CT molecular complexity index is 444. The Morgan fingerprint density at radius 1 is 1.50 bits per heavy atom. The molecule has 0 aliphatic rings. The van der Waals surface area contributed by atoms with Gasteiger partial charge in [-0.25, -0.2) is 0 Å². The number of nitrogens with one attached hydrogen (secondary N) is 1. The van der Waals surface area contributed by atoms with Gasteiger partial charge in [0.05, 0.1) is 5.69 Å². The molecule has 0 aliphatic heterocycles. The van der Waals surface area contributed by atoms with Crippen molar-refractivity contribution in [3.63, 3.8) is 0 Å². The van der Waals surface area contributed by atoms with Crippen LogP contribution in [-0.2, 0) is 6.54 Å². The highest BCUT2D eigenvalue weighted by Crippen LogP contribution is 2.20. The molecule has 5 heteroatoms. The summed E-state index contributed by atoms with van der Waals surface area (Å²) in [5, 5.41) is 5.50. The zero-order chi connectivity index (χ0) is 11.4. The highest BCUT2D eigenvalue weighted by Gasteiger charge is 2.06. The maximum Gasteiger partial charge on any atom is 0.0753 e. The third-order valence-electron chi connectivity index (χ3n) is 2.23. The maximum atomic E-state index is 4.27. The van der Waals surface area contributed by atoms with Crippen LogP contribution in [0.2, 0.25) is 0 Å². The molecule has 2 aromatic heterocycles. The Morgan fingerprint density at radius 3 is 3.00 bits per heavy atom. The SMILES string of the molecule is CC(NCc1cc(Br)cs1)c1cnccn1. The first kappa shape index (κ1) is 11.7. The molecule has 3 nitrogen and oxygen atoms in total. The molecular formula is C11H12BrN3S. The van der Waals surface area contributed by atoms with Crippen LogP contribution in [0.4, 0.5) is 0 Å². The normalized spacial score (nSPS) is 12.6. The van der Waals surface area contributed by atoms with Crippen LogP contribution in [0, 0.1) is 0 Å². The minimum atomic E-state index is 0.217. The molecule has 1 atom stereocenters. The molecule has 2 heterocycles. The van der Waals surface area contributed by atoms with Crippen molar-refractivity contribution in [2.75, 3.05) is 0 Å². The molecule has 0 aliphatic carbocycles. The first-order valence-corrected chi connectivity index (χ1v) is 6.65. The van der Waals surface area contributed by atoms with Gasteiger partial charge in [0.15, 0.2) is 0 Å². The van der Waals surface area contributed by atoms with Crippen LogP contribution in [-0.4, -0.2) is 9.97 Å². The summed E-state index contributed by atoms with van der Waals surface area (Å²) in [5.74, 6) is 0. The van der Waals surface area contributed by atoms with E-state index in [0.717, 1.165) is 16.7 Å². The van der Waals surface area contributed by atoms with Crippen molar-refractivity contribution < 1.29 is 0 Å². The van der Waals surface area contributed by atoms with Crippen LogP contribution in [0.5, 0.6) is 0 Å². The van der Waals surface area contributed by atoms with Gasteiger partial charge >= 0.3 is 0 Å². The van der Waals surface area contributed by atoms with E-state index in [9.17, 15) is 0 Å². The molecule has 2 aromatic rings. The third kappa shape index (κ3) is 3.10. The second-order valence-corrected chi connectivity index (χ2v) is 5.38. The summed E-state index contributed by atoms with van der Waals surface area (Å²) in [6, 6.07) is 2.34. The van der Waals surface area contributed by atoms with Gasteiger partial charge in [-0.1, -0.05) is 0 Å². The molecule has 84 valence electrons. The first-order chi connectivity index (χ1) is 7.75. The highest BCUT2D eigenvalue weighted by molar-refractivity contribution is 9.10. The van der Waals surface area contributed by atoms with Crippen LogP contribution < -0.4 is 5.32 Å². The van der Waals surface area contributed by atoms with Gasteiger partial charge < -0.3 is 5.32 Å². The van der Waals surface area contributed by atoms with E-state index in [0.29, 0.717) is 0 Å². The van der Waals surface area contributed by atoms with Crippen LogP contribution in [0.25, 0.3) is 0 Å². The molecule has 0 spiro atoms. The fourth-order valence-electron chi connectivity index (χ4n) is 1.34. The quantitative estimate of drug-likeness (QED) is 0.942. The Hall–Kier alpha value is -0.780. The van der Waals surface area contributed by atoms with Crippen molar-refractivity contribution >= 4 is 27.3 Å². The third-order valence-corrected chi connectivity index (χ3v) is 3.93. The molecule has 0 radical (unpaired) electrons. The summed E-state index contributed by atoms with van der Waals surface area (Å²) in [5.41, 5.74) is 0.970. The molecule has 0 fully saturated rings. The molecule has 0 amide bonds. The smallest absolute Gasteiger partial charge is 0.0753 e. The standard InChI is InChI=1S/C11H12BrN3S/c1-8(11-6-13-2-3-14-11)15-5-10-4-9(12)7-16-10/h2-4,6-8,15H,5H2,1H3. The van der Waals surface area contributed by atoms with Gasteiger partial charge in [-0.05, 0) is 28.9 Å². The topological polar surface area (TPSA) is 37.8 Å². The number of nitrogens with zero attached hydrogens (tertiary/aromatic N) is 2. The van der Waals surface area contributed by atoms with Crippen molar-refractivity contribution in [2.45, 2.75) is 19.5 Å². The lowest BCUT2D eigenvalue weighted by atomic mass is 10.2. The van der Waals surface area contributed by atoms with Crippen LogP contribution in [0.1, 0.15) is 23.5 Å². The number of hydrogen-bond acceptors (Lipinski definition) is 4. The van der Waals surface area contributed by atoms with E-state index in [4.69, 9.17) is 0 Å². The monoisotopic (exact) mass is 297 g/mol. The molecule has 16 heavy (non-hydrogen) atoms. The van der Waals surface area contributed by atoms with Crippen molar-refractivity contribution in [1.29, 1.82) is 0 Å². The number of hydrogen-bond donors (Lipinski definition) is 1. The predicted octanol–water partition coefficient (Wildman–Crippen LogP) is 3.15. The summed E-state index contributed by atoms with van der Waals surface area (Å²) in [4.78, 5) is 9.63. The van der Waals surface area contributed by atoms with Gasteiger partial charge in [0.25, 0.3) is 0 Å². The molecule has 1 N–H and O–H groups in total.